The molecule has 2 aromatic carbocycles. The van der Waals surface area contributed by atoms with Crippen LogP contribution >= 0.6 is 0 Å². The average molecular weight is 504 g/mol. The van der Waals surface area contributed by atoms with E-state index in [1.807, 2.05) is 11.8 Å². The van der Waals surface area contributed by atoms with Crippen LogP contribution in [0.5, 0.6) is 11.5 Å². The minimum Gasteiger partial charge on any atom is -0.488 e. The lowest BCUT2D eigenvalue weighted by Gasteiger charge is -2.25. The van der Waals surface area contributed by atoms with E-state index in [0.29, 0.717) is 35.1 Å². The number of anilines is 3. The molecule has 2 N–H and O–H groups in total. The molecule has 0 amide bonds. The summed E-state index contributed by atoms with van der Waals surface area (Å²) >= 11 is 0. The number of nitrogen functional groups attached to an aromatic ring is 1. The molecule has 11 heteroatoms. The first-order chi connectivity index (χ1) is 17.3. The highest BCUT2D eigenvalue weighted by atomic mass is 16.5. The maximum absolute atomic E-state index is 11.9. The summed E-state index contributed by atoms with van der Waals surface area (Å²) in [6.07, 6.45) is 0. The van der Waals surface area contributed by atoms with Gasteiger partial charge in [-0.15, -0.1) is 0 Å². The molecule has 0 aliphatic rings. The molecule has 11 nitrogen and oxygen atoms in total. The van der Waals surface area contributed by atoms with E-state index in [-0.39, 0.29) is 38.8 Å². The molecule has 0 aliphatic heterocycles. The standard InChI is InChI=1S/C25H33N3O8/c1-5-27(15-23(29)32-2)20-11-10-18(26)14-22(20)36-13-12-35-21-9-7-6-8-19(21)28(16-24(30)33-3)17-25(31)34-4/h6-11,14H,5,12-13,15-17,26H2,1-4H3. The summed E-state index contributed by atoms with van der Waals surface area (Å²) in [6.45, 7) is 2.51. The van der Waals surface area contributed by atoms with Gasteiger partial charge in [0, 0.05) is 18.3 Å². The Kier molecular flexibility index (Phi) is 11.2. The van der Waals surface area contributed by atoms with Gasteiger partial charge >= 0.3 is 17.9 Å². The summed E-state index contributed by atoms with van der Waals surface area (Å²) in [5.74, 6) is -0.460. The van der Waals surface area contributed by atoms with Crippen LogP contribution in [0.3, 0.4) is 0 Å². The van der Waals surface area contributed by atoms with E-state index in [1.54, 1.807) is 42.5 Å². The fraction of sp³-hybridized carbons (Fsp3) is 0.400. The molecule has 0 heterocycles. The van der Waals surface area contributed by atoms with Gasteiger partial charge in [0.15, 0.2) is 0 Å². The lowest BCUT2D eigenvalue weighted by Crippen LogP contribution is -2.36. The van der Waals surface area contributed by atoms with Crippen LogP contribution in [-0.2, 0) is 28.6 Å². The number of rotatable bonds is 14. The number of nitrogens with zero attached hydrogens (tertiary/aromatic N) is 2. The van der Waals surface area contributed by atoms with E-state index < -0.39 is 11.9 Å². The van der Waals surface area contributed by atoms with Crippen molar-refractivity contribution in [2.75, 3.05) is 76.3 Å². The Balaban J connectivity index is 2.13. The Morgan fingerprint density at radius 1 is 0.722 bits per heavy atom. The number of hydrogen-bond donors (Lipinski definition) is 1. The number of carbonyl (C=O) groups excluding carboxylic acids is 3. The predicted molar refractivity (Wildman–Crippen MR) is 134 cm³/mol. The number of likely N-dealkylation sites (N-methyl/N-ethyl adjacent to an activating group) is 1. The molecule has 2 rings (SSSR count). The third-order valence-electron chi connectivity index (χ3n) is 5.15. The maximum Gasteiger partial charge on any atom is 0.325 e. The number of carbonyl (C=O) groups is 3. The third-order valence-corrected chi connectivity index (χ3v) is 5.15. The monoisotopic (exact) mass is 503 g/mol. The van der Waals surface area contributed by atoms with E-state index in [1.165, 1.54) is 26.2 Å². The zero-order valence-electron chi connectivity index (χ0n) is 21.0. The Morgan fingerprint density at radius 2 is 1.22 bits per heavy atom. The van der Waals surface area contributed by atoms with Crippen molar-refractivity contribution in [1.82, 2.24) is 0 Å². The van der Waals surface area contributed by atoms with Crippen molar-refractivity contribution in [3.8, 4) is 11.5 Å². The topological polar surface area (TPSA) is 130 Å². The van der Waals surface area contributed by atoms with Crippen LogP contribution in [0.2, 0.25) is 0 Å². The number of hydrogen-bond acceptors (Lipinski definition) is 11. The van der Waals surface area contributed by atoms with Crippen molar-refractivity contribution in [3.63, 3.8) is 0 Å². The minimum atomic E-state index is -0.515. The Morgan fingerprint density at radius 3 is 1.78 bits per heavy atom. The molecule has 196 valence electrons. The van der Waals surface area contributed by atoms with Gasteiger partial charge in [0.25, 0.3) is 0 Å². The lowest BCUT2D eigenvalue weighted by molar-refractivity contribution is -0.140. The van der Waals surface area contributed by atoms with Crippen LogP contribution < -0.4 is 25.0 Å². The number of nitrogens with two attached hydrogens (primary N) is 1. The van der Waals surface area contributed by atoms with Crippen molar-refractivity contribution in [2.24, 2.45) is 0 Å². The van der Waals surface area contributed by atoms with E-state index in [2.05, 4.69) is 0 Å². The maximum atomic E-state index is 11.9. The minimum absolute atomic E-state index is 0.0629. The molecular formula is C25H33N3O8. The van der Waals surface area contributed by atoms with E-state index in [4.69, 9.17) is 29.4 Å². The highest BCUT2D eigenvalue weighted by molar-refractivity contribution is 5.82. The van der Waals surface area contributed by atoms with Gasteiger partial charge in [0.1, 0.15) is 44.3 Å². The van der Waals surface area contributed by atoms with Gasteiger partial charge in [0.2, 0.25) is 0 Å². The van der Waals surface area contributed by atoms with E-state index in [0.717, 1.165) is 0 Å². The van der Waals surface area contributed by atoms with Crippen molar-refractivity contribution in [2.45, 2.75) is 6.92 Å². The first kappa shape index (κ1) is 28.1. The van der Waals surface area contributed by atoms with Gasteiger partial charge in [-0.05, 0) is 31.2 Å². The van der Waals surface area contributed by atoms with Crippen molar-refractivity contribution < 1.29 is 38.1 Å². The summed E-state index contributed by atoms with van der Waals surface area (Å²) in [5, 5.41) is 0. The highest BCUT2D eigenvalue weighted by Gasteiger charge is 2.20. The Labute approximate surface area is 210 Å². The van der Waals surface area contributed by atoms with Gasteiger partial charge in [-0.2, -0.15) is 0 Å². The number of esters is 3. The summed E-state index contributed by atoms with van der Waals surface area (Å²) in [5.41, 5.74) is 7.67. The smallest absolute Gasteiger partial charge is 0.325 e. The molecule has 0 spiro atoms. The summed E-state index contributed by atoms with van der Waals surface area (Å²) < 4.78 is 26.1. The molecular weight excluding hydrogens is 470 g/mol. The fourth-order valence-electron chi connectivity index (χ4n) is 3.31. The van der Waals surface area contributed by atoms with Crippen molar-refractivity contribution in [3.05, 3.63) is 42.5 Å². The van der Waals surface area contributed by atoms with Gasteiger partial charge < -0.3 is 39.2 Å². The molecule has 0 saturated carbocycles. The number of methoxy groups -OCH3 is 3. The lowest BCUT2D eigenvalue weighted by atomic mass is 10.2. The number of ether oxygens (including phenoxy) is 5. The van der Waals surface area contributed by atoms with E-state index in [9.17, 15) is 14.4 Å². The van der Waals surface area contributed by atoms with Crippen LogP contribution in [-0.4, -0.2) is 78.6 Å². The predicted octanol–water partition coefficient (Wildman–Crippen LogP) is 1.88. The normalized spacial score (nSPS) is 10.2. The molecule has 0 aliphatic carbocycles. The average Bonchev–Trinajstić information content (AvgIpc) is 2.89. The van der Waals surface area contributed by atoms with Crippen LogP contribution in [0.4, 0.5) is 17.1 Å². The van der Waals surface area contributed by atoms with Gasteiger partial charge in [-0.1, -0.05) is 12.1 Å². The SMILES string of the molecule is CCN(CC(=O)OC)c1ccc(N)cc1OCCOc1ccccc1N(CC(=O)OC)CC(=O)OC. The van der Waals surface area contributed by atoms with Crippen molar-refractivity contribution in [1.29, 1.82) is 0 Å². The van der Waals surface area contributed by atoms with Gasteiger partial charge in [-0.25, -0.2) is 0 Å². The van der Waals surface area contributed by atoms with Crippen LogP contribution in [0.15, 0.2) is 42.5 Å². The van der Waals surface area contributed by atoms with Crippen LogP contribution in [0.1, 0.15) is 6.92 Å². The second-order valence-corrected chi connectivity index (χ2v) is 7.49. The van der Waals surface area contributed by atoms with Gasteiger partial charge in [0.05, 0.1) is 32.7 Å². The molecule has 2 aromatic rings. The zero-order chi connectivity index (χ0) is 26.5. The quantitative estimate of drug-likeness (QED) is 0.175. The second kappa shape index (κ2) is 14.3. The van der Waals surface area contributed by atoms with Gasteiger partial charge in [-0.3, -0.25) is 14.4 Å². The summed E-state index contributed by atoms with van der Waals surface area (Å²) in [6, 6.07) is 12.2. The molecule has 0 unspecified atom stereocenters. The van der Waals surface area contributed by atoms with Crippen molar-refractivity contribution >= 4 is 35.0 Å². The summed E-state index contributed by atoms with van der Waals surface area (Å²) in [7, 11) is 3.88. The fourth-order valence-corrected chi connectivity index (χ4v) is 3.31. The largest absolute Gasteiger partial charge is 0.488 e. The molecule has 0 fully saturated rings. The second-order valence-electron chi connectivity index (χ2n) is 7.49. The first-order valence-corrected chi connectivity index (χ1v) is 11.3. The van der Waals surface area contributed by atoms with E-state index >= 15 is 0 Å². The summed E-state index contributed by atoms with van der Waals surface area (Å²) in [4.78, 5) is 38.9. The Hall–Kier alpha value is -4.15. The highest BCUT2D eigenvalue weighted by Crippen LogP contribution is 2.31. The molecule has 36 heavy (non-hydrogen) atoms. The molecule has 0 bridgehead atoms. The molecule has 0 aromatic heterocycles. The Bertz CT molecular complexity index is 1010. The molecule has 0 saturated heterocycles. The number of benzene rings is 2. The first-order valence-electron chi connectivity index (χ1n) is 11.3. The third kappa shape index (κ3) is 8.26. The molecule has 0 radical (unpaired) electrons. The molecule has 0 atom stereocenters. The zero-order valence-corrected chi connectivity index (χ0v) is 21.0. The van der Waals surface area contributed by atoms with Crippen LogP contribution in [0.25, 0.3) is 0 Å². The van der Waals surface area contributed by atoms with Crippen LogP contribution in [0, 0.1) is 0 Å². The number of para-hydroxylation sites is 2.